The summed E-state index contributed by atoms with van der Waals surface area (Å²) in [4.78, 5) is 0. The molecule has 0 heterocycles. The van der Waals surface area contributed by atoms with Crippen molar-refractivity contribution in [1.82, 2.24) is 0 Å². The zero-order valence-corrected chi connectivity index (χ0v) is 13.5. The van der Waals surface area contributed by atoms with E-state index in [-0.39, 0.29) is 0 Å². The van der Waals surface area contributed by atoms with Crippen LogP contribution in [0.4, 0.5) is 0 Å². The van der Waals surface area contributed by atoms with Crippen molar-refractivity contribution in [2.75, 3.05) is 0 Å². The first kappa shape index (κ1) is 16.1. The van der Waals surface area contributed by atoms with Crippen LogP contribution in [0.5, 0.6) is 0 Å². The largest absolute Gasteiger partial charge is 0.0651 e. The lowest BCUT2D eigenvalue weighted by atomic mass is 9.73. The van der Waals surface area contributed by atoms with Gasteiger partial charge in [0.15, 0.2) is 0 Å². The molecule has 1 saturated carbocycles. The summed E-state index contributed by atoms with van der Waals surface area (Å²) in [6, 6.07) is 0. The van der Waals surface area contributed by atoms with Gasteiger partial charge in [0.1, 0.15) is 0 Å². The summed E-state index contributed by atoms with van der Waals surface area (Å²) in [5.74, 6) is 4.88. The van der Waals surface area contributed by atoms with E-state index in [1.165, 1.54) is 51.4 Å². The molecule has 0 radical (unpaired) electrons. The van der Waals surface area contributed by atoms with Crippen LogP contribution in [0.25, 0.3) is 0 Å². The van der Waals surface area contributed by atoms with Gasteiger partial charge in [-0.15, -0.1) is 0 Å². The molecule has 0 aromatic heterocycles. The Labute approximate surface area is 116 Å². The average Bonchev–Trinajstić information content (AvgIpc) is 2.36. The molecule has 5 atom stereocenters. The molecule has 18 heavy (non-hydrogen) atoms. The number of hydrogen-bond acceptors (Lipinski definition) is 0. The highest BCUT2D eigenvalue weighted by Gasteiger charge is 2.25. The highest BCUT2D eigenvalue weighted by atomic mass is 14.3. The highest BCUT2D eigenvalue weighted by Crippen LogP contribution is 2.37. The van der Waals surface area contributed by atoms with Gasteiger partial charge in [-0.05, 0) is 55.3 Å². The molecule has 1 rings (SSSR count). The van der Waals surface area contributed by atoms with Gasteiger partial charge in [-0.3, -0.25) is 0 Å². The number of rotatable bonds is 3. The lowest BCUT2D eigenvalue weighted by molar-refractivity contribution is 0.184. The fraction of sp³-hybridized carbons (Fsp3) is 1.00. The van der Waals surface area contributed by atoms with Gasteiger partial charge in [-0.2, -0.15) is 0 Å². The van der Waals surface area contributed by atoms with Crippen molar-refractivity contribution in [2.24, 2.45) is 29.6 Å². The van der Waals surface area contributed by atoms with Gasteiger partial charge in [0.2, 0.25) is 0 Å². The Morgan fingerprint density at radius 1 is 0.667 bits per heavy atom. The van der Waals surface area contributed by atoms with Gasteiger partial charge >= 0.3 is 0 Å². The standard InChI is InChI=1S/C18H36/c1-6-16-11-12-18(8-3)17(7-2)10-9-14(4)13-15(16)5/h14-18H,6-13H2,1-5H3. The molecule has 0 spiro atoms. The molecule has 0 N–H and O–H groups in total. The van der Waals surface area contributed by atoms with Crippen molar-refractivity contribution in [2.45, 2.75) is 86.0 Å². The summed E-state index contributed by atoms with van der Waals surface area (Å²) in [6.07, 6.45) is 11.6. The third-order valence-electron chi connectivity index (χ3n) is 5.76. The molecule has 0 aromatic carbocycles. The molecule has 0 aliphatic heterocycles. The smallest absolute Gasteiger partial charge is 0.0388 e. The van der Waals surface area contributed by atoms with Gasteiger partial charge < -0.3 is 0 Å². The molecule has 0 aromatic rings. The van der Waals surface area contributed by atoms with Crippen molar-refractivity contribution in [3.8, 4) is 0 Å². The third kappa shape index (κ3) is 4.59. The second kappa shape index (κ2) is 8.23. The normalized spacial score (nSPS) is 39.5. The van der Waals surface area contributed by atoms with Crippen LogP contribution in [0.3, 0.4) is 0 Å². The molecular formula is C18H36. The minimum Gasteiger partial charge on any atom is -0.0651 e. The molecule has 1 aliphatic carbocycles. The molecule has 0 heteroatoms. The van der Waals surface area contributed by atoms with E-state index < -0.39 is 0 Å². The van der Waals surface area contributed by atoms with Crippen molar-refractivity contribution >= 4 is 0 Å². The fourth-order valence-electron chi connectivity index (χ4n) is 4.31. The molecular weight excluding hydrogens is 216 g/mol. The van der Waals surface area contributed by atoms with E-state index in [1.807, 2.05) is 0 Å². The van der Waals surface area contributed by atoms with E-state index in [2.05, 4.69) is 34.6 Å². The maximum absolute atomic E-state index is 2.50. The van der Waals surface area contributed by atoms with E-state index >= 15 is 0 Å². The first-order valence-electron chi connectivity index (χ1n) is 8.62. The average molecular weight is 252 g/mol. The Kier molecular flexibility index (Phi) is 7.34. The van der Waals surface area contributed by atoms with Gasteiger partial charge in [0, 0.05) is 0 Å². The molecule has 5 unspecified atom stereocenters. The van der Waals surface area contributed by atoms with E-state index in [1.54, 1.807) is 0 Å². The maximum Gasteiger partial charge on any atom is -0.0388 e. The summed E-state index contributed by atoms with van der Waals surface area (Å²) >= 11 is 0. The van der Waals surface area contributed by atoms with Gasteiger partial charge in [-0.25, -0.2) is 0 Å². The summed E-state index contributed by atoms with van der Waals surface area (Å²) in [5, 5.41) is 0. The van der Waals surface area contributed by atoms with Gasteiger partial charge in [-0.1, -0.05) is 60.3 Å². The zero-order valence-electron chi connectivity index (χ0n) is 13.5. The second-order valence-corrected chi connectivity index (χ2v) is 6.98. The van der Waals surface area contributed by atoms with E-state index in [0.717, 1.165) is 29.6 Å². The summed E-state index contributed by atoms with van der Waals surface area (Å²) < 4.78 is 0. The SMILES string of the molecule is CCC1CCC(CC)C(CC)CCC(C)CC1C. The second-order valence-electron chi connectivity index (χ2n) is 6.98. The molecule has 0 amide bonds. The topological polar surface area (TPSA) is 0 Å². The summed E-state index contributed by atoms with van der Waals surface area (Å²) in [7, 11) is 0. The monoisotopic (exact) mass is 252 g/mol. The Hall–Kier alpha value is 0. The predicted molar refractivity (Wildman–Crippen MR) is 82.8 cm³/mol. The zero-order chi connectivity index (χ0) is 13.5. The van der Waals surface area contributed by atoms with Crippen molar-refractivity contribution in [3.05, 3.63) is 0 Å². The summed E-state index contributed by atoms with van der Waals surface area (Å²) in [5.41, 5.74) is 0. The molecule has 0 saturated heterocycles. The Morgan fingerprint density at radius 3 is 1.61 bits per heavy atom. The van der Waals surface area contributed by atoms with Gasteiger partial charge in [0.05, 0.1) is 0 Å². The molecule has 108 valence electrons. The lowest BCUT2D eigenvalue weighted by Gasteiger charge is -2.33. The molecule has 1 fully saturated rings. The van der Waals surface area contributed by atoms with Crippen molar-refractivity contribution < 1.29 is 0 Å². The van der Waals surface area contributed by atoms with Crippen LogP contribution in [-0.4, -0.2) is 0 Å². The van der Waals surface area contributed by atoms with Crippen molar-refractivity contribution in [3.63, 3.8) is 0 Å². The van der Waals surface area contributed by atoms with Crippen LogP contribution in [0.1, 0.15) is 86.0 Å². The van der Waals surface area contributed by atoms with Crippen LogP contribution in [0, 0.1) is 29.6 Å². The van der Waals surface area contributed by atoms with E-state index in [4.69, 9.17) is 0 Å². The minimum atomic E-state index is 0.943. The van der Waals surface area contributed by atoms with Crippen LogP contribution < -0.4 is 0 Å². The summed E-state index contributed by atoms with van der Waals surface area (Å²) in [6.45, 7) is 12.2. The quantitative estimate of drug-likeness (QED) is 0.553. The van der Waals surface area contributed by atoms with Gasteiger partial charge in [0.25, 0.3) is 0 Å². The van der Waals surface area contributed by atoms with E-state index in [0.29, 0.717) is 0 Å². The Morgan fingerprint density at radius 2 is 1.11 bits per heavy atom. The molecule has 0 bridgehead atoms. The van der Waals surface area contributed by atoms with Crippen LogP contribution in [-0.2, 0) is 0 Å². The first-order chi connectivity index (χ1) is 8.62. The van der Waals surface area contributed by atoms with Crippen LogP contribution in [0.2, 0.25) is 0 Å². The third-order valence-corrected chi connectivity index (χ3v) is 5.76. The highest BCUT2D eigenvalue weighted by molar-refractivity contribution is 4.76. The molecule has 0 nitrogen and oxygen atoms in total. The number of hydrogen-bond donors (Lipinski definition) is 0. The maximum atomic E-state index is 2.50. The molecule has 1 aliphatic rings. The Balaban J connectivity index is 2.70. The predicted octanol–water partition coefficient (Wildman–Crippen LogP) is 6.30. The van der Waals surface area contributed by atoms with Crippen molar-refractivity contribution in [1.29, 1.82) is 0 Å². The Bertz CT molecular complexity index is 208. The van der Waals surface area contributed by atoms with Crippen LogP contribution >= 0.6 is 0 Å². The first-order valence-corrected chi connectivity index (χ1v) is 8.62. The minimum absolute atomic E-state index is 0.943. The fourth-order valence-corrected chi connectivity index (χ4v) is 4.31. The van der Waals surface area contributed by atoms with Crippen LogP contribution in [0.15, 0.2) is 0 Å². The van der Waals surface area contributed by atoms with E-state index in [9.17, 15) is 0 Å². The lowest BCUT2D eigenvalue weighted by Crippen LogP contribution is -2.22.